The van der Waals surface area contributed by atoms with Gasteiger partial charge in [-0.2, -0.15) is 0 Å². The third-order valence-corrected chi connectivity index (χ3v) is 3.97. The van der Waals surface area contributed by atoms with Crippen LogP contribution in [0, 0.1) is 6.92 Å². The number of nitrogen functional groups attached to an aromatic ring is 1. The molecular weight excluding hydrogens is 332 g/mol. The summed E-state index contributed by atoms with van der Waals surface area (Å²) < 4.78 is 0. The minimum Gasteiger partial charge on any atom is -0.481 e. The maximum Gasteiger partial charge on any atom is 0.303 e. The van der Waals surface area contributed by atoms with Crippen LogP contribution >= 0.6 is 0 Å². The van der Waals surface area contributed by atoms with Crippen molar-refractivity contribution < 1.29 is 9.90 Å². The van der Waals surface area contributed by atoms with Crippen molar-refractivity contribution >= 4 is 28.6 Å². The van der Waals surface area contributed by atoms with Gasteiger partial charge in [-0.05, 0) is 31.0 Å². The lowest BCUT2D eigenvalue weighted by Gasteiger charge is -2.19. The number of nitrogens with two attached hydrogens (primary N) is 1. The lowest BCUT2D eigenvalue weighted by atomic mass is 10.1. The van der Waals surface area contributed by atoms with Crippen molar-refractivity contribution in [1.82, 2.24) is 19.9 Å². The molecule has 3 aromatic rings. The van der Waals surface area contributed by atoms with E-state index in [-0.39, 0.29) is 6.42 Å². The predicted octanol–water partition coefficient (Wildman–Crippen LogP) is 1.96. The van der Waals surface area contributed by atoms with Crippen molar-refractivity contribution in [2.75, 3.05) is 17.7 Å². The zero-order valence-corrected chi connectivity index (χ0v) is 14.7. The molecule has 26 heavy (non-hydrogen) atoms. The first-order chi connectivity index (χ1) is 12.4. The van der Waals surface area contributed by atoms with E-state index >= 15 is 0 Å². The molecule has 0 unspecified atom stereocenters. The van der Waals surface area contributed by atoms with E-state index in [4.69, 9.17) is 10.8 Å². The van der Waals surface area contributed by atoms with E-state index in [2.05, 4.69) is 19.9 Å². The molecule has 0 radical (unpaired) electrons. The second kappa shape index (κ2) is 7.30. The van der Waals surface area contributed by atoms with E-state index in [1.165, 1.54) is 0 Å². The van der Waals surface area contributed by atoms with E-state index in [0.29, 0.717) is 35.8 Å². The van der Waals surface area contributed by atoms with Gasteiger partial charge in [0.15, 0.2) is 11.5 Å². The van der Waals surface area contributed by atoms with Crippen LogP contribution in [0.15, 0.2) is 30.5 Å². The largest absolute Gasteiger partial charge is 0.481 e. The van der Waals surface area contributed by atoms with E-state index < -0.39 is 5.97 Å². The first kappa shape index (κ1) is 17.5. The van der Waals surface area contributed by atoms with Crippen molar-refractivity contribution in [2.45, 2.75) is 26.3 Å². The third kappa shape index (κ3) is 4.02. The fourth-order valence-electron chi connectivity index (χ4n) is 2.69. The van der Waals surface area contributed by atoms with Crippen LogP contribution in [0.2, 0.25) is 0 Å². The minimum atomic E-state index is -0.799. The molecule has 0 fully saturated rings. The highest BCUT2D eigenvalue weighted by Gasteiger charge is 2.10. The van der Waals surface area contributed by atoms with E-state index in [1.807, 2.05) is 36.2 Å². The zero-order chi connectivity index (χ0) is 18.7. The van der Waals surface area contributed by atoms with Crippen LogP contribution in [0.3, 0.4) is 0 Å². The quantitative estimate of drug-likeness (QED) is 0.691. The lowest BCUT2D eigenvalue weighted by molar-refractivity contribution is -0.136. The fraction of sp³-hybridized carbons (Fsp3) is 0.278. The van der Waals surface area contributed by atoms with Gasteiger partial charge in [0.25, 0.3) is 0 Å². The molecule has 0 aliphatic carbocycles. The van der Waals surface area contributed by atoms with Gasteiger partial charge >= 0.3 is 5.97 Å². The van der Waals surface area contributed by atoms with Gasteiger partial charge in [-0.3, -0.25) is 4.79 Å². The number of aromatic nitrogens is 4. The summed E-state index contributed by atoms with van der Waals surface area (Å²) in [4.78, 5) is 30.0. The summed E-state index contributed by atoms with van der Waals surface area (Å²) >= 11 is 0. The van der Waals surface area contributed by atoms with Gasteiger partial charge in [0.05, 0.1) is 18.4 Å². The molecule has 0 aliphatic heterocycles. The van der Waals surface area contributed by atoms with Gasteiger partial charge in [0, 0.05) is 19.2 Å². The fourth-order valence-corrected chi connectivity index (χ4v) is 2.69. The Hall–Kier alpha value is -3.29. The molecule has 0 atom stereocenters. The number of carboxylic acid groups (broad SMARTS) is 1. The van der Waals surface area contributed by atoms with Gasteiger partial charge in [-0.15, -0.1) is 0 Å². The van der Waals surface area contributed by atoms with E-state index in [9.17, 15) is 4.79 Å². The maximum absolute atomic E-state index is 10.7. The molecule has 0 amide bonds. The SMILES string of the molecule is Cc1nc(N)c2ncc(CN(C)c3cccc(CCC(=O)O)c3)nc2n1. The highest BCUT2D eigenvalue weighted by atomic mass is 16.4. The average Bonchev–Trinajstić information content (AvgIpc) is 2.59. The Bertz CT molecular complexity index is 960. The van der Waals surface area contributed by atoms with Gasteiger partial charge in [-0.25, -0.2) is 19.9 Å². The Kier molecular flexibility index (Phi) is 4.92. The molecule has 3 N–H and O–H groups in total. The van der Waals surface area contributed by atoms with Crippen LogP contribution in [0.1, 0.15) is 23.5 Å². The maximum atomic E-state index is 10.7. The number of benzene rings is 1. The normalized spacial score (nSPS) is 10.8. The first-order valence-electron chi connectivity index (χ1n) is 8.20. The summed E-state index contributed by atoms with van der Waals surface area (Å²) in [7, 11) is 1.95. The molecule has 0 spiro atoms. The number of fused-ring (bicyclic) bond motifs is 1. The van der Waals surface area contributed by atoms with Crippen molar-refractivity contribution in [3.05, 3.63) is 47.5 Å². The monoisotopic (exact) mass is 352 g/mol. The van der Waals surface area contributed by atoms with Crippen LogP contribution in [0.4, 0.5) is 11.5 Å². The Labute approximate surface area is 150 Å². The first-order valence-corrected chi connectivity index (χ1v) is 8.20. The predicted molar refractivity (Wildman–Crippen MR) is 98.8 cm³/mol. The average molecular weight is 352 g/mol. The summed E-state index contributed by atoms with van der Waals surface area (Å²) in [5.74, 6) is 0.0822. The van der Waals surface area contributed by atoms with E-state index in [0.717, 1.165) is 16.9 Å². The Morgan fingerprint density at radius 2 is 2.08 bits per heavy atom. The molecule has 0 saturated carbocycles. The number of rotatable bonds is 6. The number of carboxylic acids is 1. The van der Waals surface area contributed by atoms with Crippen molar-refractivity contribution in [3.8, 4) is 0 Å². The zero-order valence-electron chi connectivity index (χ0n) is 14.7. The number of carbonyl (C=O) groups is 1. The molecular formula is C18H20N6O2. The van der Waals surface area contributed by atoms with Gasteiger partial charge in [0.1, 0.15) is 11.3 Å². The van der Waals surface area contributed by atoms with Crippen molar-refractivity contribution in [3.63, 3.8) is 0 Å². The Balaban J connectivity index is 1.79. The number of nitrogens with zero attached hydrogens (tertiary/aromatic N) is 5. The number of anilines is 2. The summed E-state index contributed by atoms with van der Waals surface area (Å²) in [6, 6.07) is 7.82. The number of aryl methyl sites for hydroxylation is 2. The molecule has 8 nitrogen and oxygen atoms in total. The highest BCUT2D eigenvalue weighted by Crippen LogP contribution is 2.19. The topological polar surface area (TPSA) is 118 Å². The smallest absolute Gasteiger partial charge is 0.303 e. The summed E-state index contributed by atoms with van der Waals surface area (Å²) in [5.41, 5.74) is 9.56. The highest BCUT2D eigenvalue weighted by molar-refractivity contribution is 5.80. The van der Waals surface area contributed by atoms with Crippen molar-refractivity contribution in [2.24, 2.45) is 0 Å². The summed E-state index contributed by atoms with van der Waals surface area (Å²) in [6.45, 7) is 2.30. The number of aliphatic carboxylic acids is 1. The van der Waals surface area contributed by atoms with Crippen molar-refractivity contribution in [1.29, 1.82) is 0 Å². The standard InChI is InChI=1S/C18H20N6O2/c1-11-21-17(19)16-18(22-11)23-13(9-20-16)10-24(2)14-5-3-4-12(8-14)6-7-15(25)26/h3-5,8-9H,6-7,10H2,1-2H3,(H,25,26)(H2,19,21,22,23). The van der Waals surface area contributed by atoms with Crippen LogP contribution in [0.5, 0.6) is 0 Å². The molecule has 134 valence electrons. The van der Waals surface area contributed by atoms with Gasteiger partial charge in [0.2, 0.25) is 0 Å². The summed E-state index contributed by atoms with van der Waals surface area (Å²) in [6.07, 6.45) is 2.29. The van der Waals surface area contributed by atoms with E-state index in [1.54, 1.807) is 13.1 Å². The number of hydrogen-bond donors (Lipinski definition) is 2. The third-order valence-electron chi connectivity index (χ3n) is 3.97. The number of hydrogen-bond acceptors (Lipinski definition) is 7. The van der Waals surface area contributed by atoms with Crippen LogP contribution < -0.4 is 10.6 Å². The minimum absolute atomic E-state index is 0.115. The molecule has 8 heteroatoms. The van der Waals surface area contributed by atoms with Crippen LogP contribution in [-0.2, 0) is 17.8 Å². The molecule has 2 aromatic heterocycles. The summed E-state index contributed by atoms with van der Waals surface area (Å²) in [5, 5.41) is 8.83. The molecule has 1 aromatic carbocycles. The molecule has 0 aliphatic rings. The van der Waals surface area contributed by atoms with Gasteiger partial charge in [-0.1, -0.05) is 12.1 Å². The van der Waals surface area contributed by atoms with Gasteiger partial charge < -0.3 is 15.7 Å². The van der Waals surface area contributed by atoms with Crippen LogP contribution in [-0.4, -0.2) is 38.1 Å². The molecule has 2 heterocycles. The lowest BCUT2D eigenvalue weighted by Crippen LogP contribution is -2.18. The second-order valence-corrected chi connectivity index (χ2v) is 6.11. The Morgan fingerprint density at radius 1 is 1.27 bits per heavy atom. The Morgan fingerprint density at radius 3 is 2.85 bits per heavy atom. The second-order valence-electron chi connectivity index (χ2n) is 6.11. The molecule has 0 bridgehead atoms. The van der Waals surface area contributed by atoms with Crippen LogP contribution in [0.25, 0.3) is 11.2 Å². The molecule has 0 saturated heterocycles. The molecule has 3 rings (SSSR count).